The van der Waals surface area contributed by atoms with Crippen LogP contribution in [0.25, 0.3) is 0 Å². The molecule has 1 aromatic carbocycles. The van der Waals surface area contributed by atoms with Gasteiger partial charge in [-0.05, 0) is 24.6 Å². The van der Waals surface area contributed by atoms with Crippen molar-refractivity contribution in [3.63, 3.8) is 0 Å². The Balaban J connectivity index is 0.00000256. The molecule has 0 heterocycles. The monoisotopic (exact) mass is 320 g/mol. The van der Waals surface area contributed by atoms with Gasteiger partial charge >= 0.3 is 0 Å². The van der Waals surface area contributed by atoms with Crippen LogP contribution in [0, 0.1) is 0 Å². The number of halogens is 2. The van der Waals surface area contributed by atoms with Crippen molar-refractivity contribution in [3.8, 4) is 0 Å². The average Bonchev–Trinajstić information content (AvgIpc) is 2.26. The third kappa shape index (κ3) is 5.52. The molecule has 0 spiro atoms. The standard InChI is InChI=1S/C12H17BrN2O.ClH/c1-9(12(16)15(2)3)14-8-10-4-6-11(13)7-5-10;/h4-7,9,14H,8H2,1-3H3;1H/t9-;/m1./s1. The lowest BCUT2D eigenvalue weighted by molar-refractivity contribution is -0.130. The summed E-state index contributed by atoms with van der Waals surface area (Å²) in [4.78, 5) is 13.2. The molecule has 96 valence electrons. The Kier molecular flexibility index (Phi) is 7.43. The molecule has 0 fully saturated rings. The summed E-state index contributed by atoms with van der Waals surface area (Å²) in [6.07, 6.45) is 0. The topological polar surface area (TPSA) is 32.3 Å². The highest BCUT2D eigenvalue weighted by Gasteiger charge is 2.13. The van der Waals surface area contributed by atoms with Crippen LogP contribution in [0.3, 0.4) is 0 Å². The van der Waals surface area contributed by atoms with Gasteiger partial charge in [-0.1, -0.05) is 28.1 Å². The van der Waals surface area contributed by atoms with Gasteiger partial charge in [0.2, 0.25) is 5.91 Å². The molecule has 3 nitrogen and oxygen atoms in total. The summed E-state index contributed by atoms with van der Waals surface area (Å²) in [5.74, 6) is 0.0945. The maximum absolute atomic E-state index is 11.6. The molecule has 0 aliphatic carbocycles. The summed E-state index contributed by atoms with van der Waals surface area (Å²) in [5, 5.41) is 3.19. The number of carbonyl (C=O) groups is 1. The largest absolute Gasteiger partial charge is 0.347 e. The molecule has 1 N–H and O–H groups in total. The molecular weight excluding hydrogens is 304 g/mol. The number of nitrogens with one attached hydrogen (secondary N) is 1. The van der Waals surface area contributed by atoms with Crippen LogP contribution in [0.2, 0.25) is 0 Å². The van der Waals surface area contributed by atoms with E-state index in [0.29, 0.717) is 6.54 Å². The first-order valence-electron chi connectivity index (χ1n) is 5.19. The van der Waals surface area contributed by atoms with Crippen molar-refractivity contribution in [2.75, 3.05) is 14.1 Å². The van der Waals surface area contributed by atoms with Gasteiger partial charge in [0.15, 0.2) is 0 Å². The molecule has 1 aromatic rings. The van der Waals surface area contributed by atoms with Crippen LogP contribution >= 0.6 is 28.3 Å². The minimum Gasteiger partial charge on any atom is -0.347 e. The molecular formula is C12H18BrClN2O. The molecule has 0 unspecified atom stereocenters. The first-order chi connectivity index (χ1) is 7.50. The molecule has 1 atom stereocenters. The number of nitrogens with zero attached hydrogens (tertiary/aromatic N) is 1. The predicted molar refractivity (Wildman–Crippen MR) is 76.4 cm³/mol. The molecule has 0 aromatic heterocycles. The van der Waals surface area contributed by atoms with Gasteiger partial charge in [0.05, 0.1) is 6.04 Å². The lowest BCUT2D eigenvalue weighted by atomic mass is 10.2. The SMILES string of the molecule is C[C@@H](NCc1ccc(Br)cc1)C(=O)N(C)C.Cl. The van der Waals surface area contributed by atoms with Crippen LogP contribution in [0.5, 0.6) is 0 Å². The van der Waals surface area contributed by atoms with Crippen molar-refractivity contribution >= 4 is 34.2 Å². The van der Waals surface area contributed by atoms with Crippen molar-refractivity contribution in [2.45, 2.75) is 19.5 Å². The van der Waals surface area contributed by atoms with Crippen LogP contribution in [0.4, 0.5) is 0 Å². The van der Waals surface area contributed by atoms with E-state index >= 15 is 0 Å². The van der Waals surface area contributed by atoms with E-state index in [1.165, 1.54) is 5.56 Å². The van der Waals surface area contributed by atoms with E-state index in [-0.39, 0.29) is 24.4 Å². The fourth-order valence-corrected chi connectivity index (χ4v) is 1.61. The van der Waals surface area contributed by atoms with E-state index in [1.807, 2.05) is 31.2 Å². The fourth-order valence-electron chi connectivity index (χ4n) is 1.35. The predicted octanol–water partition coefficient (Wildman–Crippen LogP) is 2.44. The van der Waals surface area contributed by atoms with Gasteiger partial charge in [-0.2, -0.15) is 0 Å². The summed E-state index contributed by atoms with van der Waals surface area (Å²) < 4.78 is 1.06. The Morgan fingerprint density at radius 1 is 1.35 bits per heavy atom. The molecule has 1 amide bonds. The minimum atomic E-state index is -0.154. The molecule has 0 bridgehead atoms. The minimum absolute atomic E-state index is 0. The van der Waals surface area contributed by atoms with Gasteiger partial charge in [-0.25, -0.2) is 0 Å². The van der Waals surface area contributed by atoms with E-state index in [2.05, 4.69) is 21.2 Å². The summed E-state index contributed by atoms with van der Waals surface area (Å²) in [7, 11) is 3.53. The second kappa shape index (κ2) is 7.69. The highest BCUT2D eigenvalue weighted by molar-refractivity contribution is 9.10. The molecule has 0 saturated carbocycles. The second-order valence-corrected chi connectivity index (χ2v) is 4.88. The zero-order valence-corrected chi connectivity index (χ0v) is 12.6. The third-order valence-electron chi connectivity index (χ3n) is 2.34. The van der Waals surface area contributed by atoms with Crippen LogP contribution in [0.15, 0.2) is 28.7 Å². The van der Waals surface area contributed by atoms with E-state index in [1.54, 1.807) is 19.0 Å². The summed E-state index contributed by atoms with van der Waals surface area (Å²) in [6.45, 7) is 2.58. The van der Waals surface area contributed by atoms with Gasteiger partial charge in [-0.15, -0.1) is 12.4 Å². The lowest BCUT2D eigenvalue weighted by Gasteiger charge is -2.18. The van der Waals surface area contributed by atoms with Crippen molar-refractivity contribution in [3.05, 3.63) is 34.3 Å². The number of benzene rings is 1. The number of hydrogen-bond acceptors (Lipinski definition) is 2. The Labute approximate surface area is 117 Å². The average molecular weight is 322 g/mol. The van der Waals surface area contributed by atoms with Gasteiger partial charge in [0.25, 0.3) is 0 Å². The lowest BCUT2D eigenvalue weighted by Crippen LogP contribution is -2.41. The molecule has 17 heavy (non-hydrogen) atoms. The van der Waals surface area contributed by atoms with Gasteiger partial charge in [-0.3, -0.25) is 4.79 Å². The Morgan fingerprint density at radius 3 is 2.35 bits per heavy atom. The van der Waals surface area contributed by atoms with Crippen molar-refractivity contribution in [1.82, 2.24) is 10.2 Å². The summed E-state index contributed by atoms with van der Waals surface area (Å²) in [6, 6.07) is 7.90. The van der Waals surface area contributed by atoms with E-state index in [4.69, 9.17) is 0 Å². The summed E-state index contributed by atoms with van der Waals surface area (Å²) >= 11 is 3.39. The van der Waals surface area contributed by atoms with Gasteiger partial charge in [0.1, 0.15) is 0 Å². The number of carbonyl (C=O) groups excluding carboxylic acids is 1. The number of amides is 1. The van der Waals surface area contributed by atoms with Crippen LogP contribution in [-0.4, -0.2) is 30.9 Å². The molecule has 0 aliphatic rings. The first-order valence-corrected chi connectivity index (χ1v) is 5.99. The van der Waals surface area contributed by atoms with Gasteiger partial charge < -0.3 is 10.2 Å². The highest BCUT2D eigenvalue weighted by Crippen LogP contribution is 2.10. The van der Waals surface area contributed by atoms with Crippen LogP contribution in [0.1, 0.15) is 12.5 Å². The molecule has 0 aliphatic heterocycles. The highest BCUT2D eigenvalue weighted by atomic mass is 79.9. The van der Waals surface area contributed by atoms with Crippen molar-refractivity contribution in [2.24, 2.45) is 0 Å². The summed E-state index contributed by atoms with van der Waals surface area (Å²) in [5.41, 5.74) is 1.17. The number of hydrogen-bond donors (Lipinski definition) is 1. The van der Waals surface area contributed by atoms with Crippen LogP contribution < -0.4 is 5.32 Å². The maximum Gasteiger partial charge on any atom is 0.238 e. The maximum atomic E-state index is 11.6. The molecule has 1 rings (SSSR count). The van der Waals surface area contributed by atoms with E-state index in [9.17, 15) is 4.79 Å². The van der Waals surface area contributed by atoms with Crippen molar-refractivity contribution < 1.29 is 4.79 Å². The number of likely N-dealkylation sites (N-methyl/N-ethyl adjacent to an activating group) is 1. The Bertz CT molecular complexity index is 354. The van der Waals surface area contributed by atoms with E-state index < -0.39 is 0 Å². The van der Waals surface area contributed by atoms with Crippen molar-refractivity contribution in [1.29, 1.82) is 0 Å². The zero-order chi connectivity index (χ0) is 12.1. The van der Waals surface area contributed by atoms with Crippen LogP contribution in [-0.2, 0) is 11.3 Å². The Morgan fingerprint density at radius 2 is 1.88 bits per heavy atom. The molecule has 0 radical (unpaired) electrons. The number of rotatable bonds is 4. The molecule has 5 heteroatoms. The smallest absolute Gasteiger partial charge is 0.238 e. The Hall–Kier alpha value is -0.580. The fraction of sp³-hybridized carbons (Fsp3) is 0.417. The third-order valence-corrected chi connectivity index (χ3v) is 2.87. The second-order valence-electron chi connectivity index (χ2n) is 3.96. The van der Waals surface area contributed by atoms with E-state index in [0.717, 1.165) is 4.47 Å². The van der Waals surface area contributed by atoms with Gasteiger partial charge in [0, 0.05) is 25.1 Å². The zero-order valence-electron chi connectivity index (χ0n) is 10.2. The first kappa shape index (κ1) is 16.4. The quantitative estimate of drug-likeness (QED) is 0.924. The molecule has 0 saturated heterocycles. The normalized spacial score (nSPS) is 11.5.